The maximum Gasteiger partial charge on any atom is 0.0306 e. The number of allylic oxidation sites excluding steroid dienone is 4. The molecule has 1 aromatic rings. The van der Waals surface area contributed by atoms with Crippen molar-refractivity contribution >= 4 is 23.0 Å². The van der Waals surface area contributed by atoms with Crippen molar-refractivity contribution < 1.29 is 0 Å². The van der Waals surface area contributed by atoms with Crippen molar-refractivity contribution in [3.63, 3.8) is 0 Å². The van der Waals surface area contributed by atoms with Crippen LogP contribution in [0.15, 0.2) is 35.8 Å². The molecule has 3 rings (SSSR count). The average Bonchev–Trinajstić information content (AvgIpc) is 2.65. The van der Waals surface area contributed by atoms with Crippen LogP contribution in [0.25, 0.3) is 11.6 Å². The summed E-state index contributed by atoms with van der Waals surface area (Å²) in [6, 6.07) is 2.24. The summed E-state index contributed by atoms with van der Waals surface area (Å²) in [5.41, 5.74) is 1.50. The molecule has 0 saturated heterocycles. The molecule has 1 aromatic heterocycles. The van der Waals surface area contributed by atoms with Gasteiger partial charge >= 0.3 is 0 Å². The van der Waals surface area contributed by atoms with Crippen LogP contribution >= 0.6 is 11.3 Å². The van der Waals surface area contributed by atoms with Gasteiger partial charge in [-0.1, -0.05) is 30.4 Å². The zero-order valence-electron chi connectivity index (χ0n) is 7.23. The Labute approximate surface area is 81.2 Å². The van der Waals surface area contributed by atoms with Gasteiger partial charge in [-0.2, -0.15) is 0 Å². The first-order chi connectivity index (χ1) is 6.45. The normalized spacial score (nSPS) is 23.7. The fourth-order valence-corrected chi connectivity index (χ4v) is 2.89. The minimum atomic E-state index is 0.632. The first-order valence-electron chi connectivity index (χ1n) is 4.58. The van der Waals surface area contributed by atoms with E-state index in [1.54, 1.807) is 0 Å². The summed E-state index contributed by atoms with van der Waals surface area (Å²) in [6.45, 7) is 0. The second kappa shape index (κ2) is 2.71. The molecule has 0 saturated carbocycles. The fraction of sp³-hybridized carbons (Fsp3) is 0.167. The highest BCUT2D eigenvalue weighted by Gasteiger charge is 2.14. The smallest absolute Gasteiger partial charge is 0.0306 e. The molecule has 0 aliphatic heterocycles. The Bertz CT molecular complexity index is 499. The second-order valence-corrected chi connectivity index (χ2v) is 4.39. The van der Waals surface area contributed by atoms with Crippen LogP contribution in [-0.2, 0) is 0 Å². The van der Waals surface area contributed by atoms with Crippen LogP contribution < -0.4 is 9.75 Å². The van der Waals surface area contributed by atoms with E-state index < -0.39 is 0 Å². The molecule has 0 amide bonds. The van der Waals surface area contributed by atoms with Crippen LogP contribution in [0, 0.1) is 5.92 Å². The van der Waals surface area contributed by atoms with Crippen LogP contribution in [0.2, 0.25) is 0 Å². The van der Waals surface area contributed by atoms with Crippen LogP contribution in [0.5, 0.6) is 0 Å². The molecule has 1 heteroatoms. The highest BCUT2D eigenvalue weighted by atomic mass is 32.1. The van der Waals surface area contributed by atoms with Crippen molar-refractivity contribution in [2.45, 2.75) is 6.42 Å². The first kappa shape index (κ1) is 7.34. The van der Waals surface area contributed by atoms with Crippen LogP contribution in [-0.4, -0.2) is 0 Å². The molecule has 0 bridgehead atoms. The van der Waals surface area contributed by atoms with E-state index in [0.29, 0.717) is 5.92 Å². The predicted molar refractivity (Wildman–Crippen MR) is 57.8 cm³/mol. The Kier molecular flexibility index (Phi) is 1.53. The van der Waals surface area contributed by atoms with Gasteiger partial charge in [-0.25, -0.2) is 0 Å². The lowest BCUT2D eigenvalue weighted by molar-refractivity contribution is 0.867. The number of fused-ring (bicyclic) bond motifs is 2. The molecule has 2 aliphatic carbocycles. The van der Waals surface area contributed by atoms with Gasteiger partial charge in [0.2, 0.25) is 0 Å². The maximum absolute atomic E-state index is 2.36. The molecule has 2 aliphatic rings. The fourth-order valence-electron chi connectivity index (χ4n) is 2.03. The summed E-state index contributed by atoms with van der Waals surface area (Å²) in [7, 11) is 0. The highest BCUT2D eigenvalue weighted by molar-refractivity contribution is 7.07. The third-order valence-electron chi connectivity index (χ3n) is 2.69. The monoisotopic (exact) mass is 186 g/mol. The molecule has 0 N–H and O–H groups in total. The maximum atomic E-state index is 2.36. The minimum absolute atomic E-state index is 0.632. The lowest BCUT2D eigenvalue weighted by atomic mass is 9.88. The Balaban J connectivity index is 2.40. The summed E-state index contributed by atoms with van der Waals surface area (Å²) in [5, 5.41) is 3.63. The van der Waals surface area contributed by atoms with Gasteiger partial charge < -0.3 is 0 Å². The zero-order valence-corrected chi connectivity index (χ0v) is 8.05. The van der Waals surface area contributed by atoms with Crippen molar-refractivity contribution in [3.8, 4) is 0 Å². The minimum Gasteiger partial charge on any atom is -0.144 e. The van der Waals surface area contributed by atoms with Crippen molar-refractivity contribution in [3.05, 3.63) is 45.5 Å². The number of hydrogen-bond acceptors (Lipinski definition) is 1. The molecule has 0 fully saturated rings. The van der Waals surface area contributed by atoms with E-state index in [4.69, 9.17) is 0 Å². The lowest BCUT2D eigenvalue weighted by Crippen LogP contribution is -2.27. The largest absolute Gasteiger partial charge is 0.144 e. The van der Waals surface area contributed by atoms with Crippen molar-refractivity contribution in [1.82, 2.24) is 0 Å². The predicted octanol–water partition coefficient (Wildman–Crippen LogP) is 1.83. The first-order valence-corrected chi connectivity index (χ1v) is 5.46. The van der Waals surface area contributed by atoms with Gasteiger partial charge in [-0.15, -0.1) is 11.3 Å². The van der Waals surface area contributed by atoms with Gasteiger partial charge in [0.1, 0.15) is 0 Å². The van der Waals surface area contributed by atoms with E-state index in [-0.39, 0.29) is 0 Å². The summed E-state index contributed by atoms with van der Waals surface area (Å²) in [5.74, 6) is 0.632. The summed E-state index contributed by atoms with van der Waals surface area (Å²) in [6.07, 6.45) is 12.4. The van der Waals surface area contributed by atoms with Crippen molar-refractivity contribution in [1.29, 1.82) is 0 Å². The van der Waals surface area contributed by atoms with Gasteiger partial charge in [0.05, 0.1) is 0 Å². The van der Waals surface area contributed by atoms with Crippen LogP contribution in [0.1, 0.15) is 6.42 Å². The van der Waals surface area contributed by atoms with Gasteiger partial charge in [0, 0.05) is 10.5 Å². The molecule has 1 unspecified atom stereocenters. The zero-order chi connectivity index (χ0) is 8.67. The van der Waals surface area contributed by atoms with Gasteiger partial charge in [0.15, 0.2) is 0 Å². The second-order valence-electron chi connectivity index (χ2n) is 3.44. The number of thiophene rings is 1. The number of hydrogen-bond donors (Lipinski definition) is 0. The molecule has 13 heavy (non-hydrogen) atoms. The molecule has 64 valence electrons. The summed E-state index contributed by atoms with van der Waals surface area (Å²) >= 11 is 1.85. The molecule has 1 heterocycles. The van der Waals surface area contributed by atoms with Gasteiger partial charge in [-0.05, 0) is 28.7 Å². The van der Waals surface area contributed by atoms with Crippen molar-refractivity contribution in [2.75, 3.05) is 0 Å². The standard InChI is InChI=1S/C12H10S/c1-2-4-10-9(3-1)5-6-12-11(10)7-8-13-12/h1-4,6-9H,5H2. The van der Waals surface area contributed by atoms with Crippen LogP contribution in [0.4, 0.5) is 0 Å². The molecule has 1 atom stereocenters. The summed E-state index contributed by atoms with van der Waals surface area (Å²) < 4.78 is 1.45. The quantitative estimate of drug-likeness (QED) is 0.580. The Morgan fingerprint density at radius 1 is 1.31 bits per heavy atom. The number of rotatable bonds is 0. The summed E-state index contributed by atoms with van der Waals surface area (Å²) in [4.78, 5) is 0. The van der Waals surface area contributed by atoms with Gasteiger partial charge in [-0.3, -0.25) is 0 Å². The molecular formula is C12H10S. The van der Waals surface area contributed by atoms with Crippen LogP contribution in [0.3, 0.4) is 0 Å². The topological polar surface area (TPSA) is 0 Å². The highest BCUT2D eigenvalue weighted by Crippen LogP contribution is 2.24. The van der Waals surface area contributed by atoms with Gasteiger partial charge in [0.25, 0.3) is 0 Å². The molecule has 0 nitrogen and oxygen atoms in total. The molecular weight excluding hydrogens is 176 g/mol. The molecule has 0 spiro atoms. The Morgan fingerprint density at radius 2 is 2.31 bits per heavy atom. The molecule has 0 radical (unpaired) electrons. The van der Waals surface area contributed by atoms with E-state index >= 15 is 0 Å². The third-order valence-corrected chi connectivity index (χ3v) is 3.61. The van der Waals surface area contributed by atoms with E-state index in [0.717, 1.165) is 0 Å². The Hall–Kier alpha value is -1.08. The van der Waals surface area contributed by atoms with E-state index in [2.05, 4.69) is 41.8 Å². The Morgan fingerprint density at radius 3 is 3.31 bits per heavy atom. The average molecular weight is 186 g/mol. The SMILES string of the molecule is C1=CC2=c3ccsc3=CCC2C=C1. The molecule has 0 aromatic carbocycles. The third kappa shape index (κ3) is 1.04. The van der Waals surface area contributed by atoms with E-state index in [9.17, 15) is 0 Å². The van der Waals surface area contributed by atoms with E-state index in [1.165, 1.54) is 21.7 Å². The van der Waals surface area contributed by atoms with E-state index in [1.807, 2.05) is 11.3 Å². The van der Waals surface area contributed by atoms with Crippen molar-refractivity contribution in [2.24, 2.45) is 5.92 Å². The lowest BCUT2D eigenvalue weighted by Gasteiger charge is -2.17.